The van der Waals surface area contributed by atoms with Crippen molar-refractivity contribution < 1.29 is 31.8 Å². The number of rotatable bonds is 4. The molecule has 1 aliphatic heterocycles. The molecule has 3 rings (SSSR count). The SMILES string of the molecule is CC(C)(C)c1nc(C(=O)NCc2ccc(B3OC(C)(C)C(C)(C)O3)cc2C(F)(F)F)no1. The van der Waals surface area contributed by atoms with Crippen molar-refractivity contribution in [3.8, 4) is 0 Å². The Bertz CT molecular complexity index is 996. The van der Waals surface area contributed by atoms with Crippen molar-refractivity contribution in [1.82, 2.24) is 15.5 Å². The average molecular weight is 453 g/mol. The molecule has 2 heterocycles. The van der Waals surface area contributed by atoms with Crippen LogP contribution in [0.25, 0.3) is 0 Å². The maximum Gasteiger partial charge on any atom is 0.494 e. The Hall–Kier alpha value is -2.40. The fraction of sp³-hybridized carbons (Fsp3) is 0.571. The van der Waals surface area contributed by atoms with Crippen LogP contribution in [0.5, 0.6) is 0 Å². The van der Waals surface area contributed by atoms with Crippen LogP contribution in [0.15, 0.2) is 22.7 Å². The van der Waals surface area contributed by atoms with Gasteiger partial charge in [-0.3, -0.25) is 4.79 Å². The zero-order valence-electron chi connectivity index (χ0n) is 19.2. The summed E-state index contributed by atoms with van der Waals surface area (Å²) in [6.07, 6.45) is -4.63. The van der Waals surface area contributed by atoms with Gasteiger partial charge in [-0.25, -0.2) is 0 Å². The first kappa shape index (κ1) is 24.3. The second-order valence-corrected chi connectivity index (χ2v) is 9.86. The van der Waals surface area contributed by atoms with Crippen LogP contribution in [0.1, 0.15) is 76.1 Å². The second-order valence-electron chi connectivity index (χ2n) is 9.86. The molecule has 7 nitrogen and oxygen atoms in total. The predicted molar refractivity (Wildman–Crippen MR) is 111 cm³/mol. The molecular formula is C21H27BF3N3O4. The third-order valence-electron chi connectivity index (χ3n) is 5.67. The molecule has 0 aliphatic carbocycles. The summed E-state index contributed by atoms with van der Waals surface area (Å²) >= 11 is 0. The number of carbonyl (C=O) groups is 1. The smallest absolute Gasteiger partial charge is 0.399 e. The van der Waals surface area contributed by atoms with Gasteiger partial charge in [0.1, 0.15) is 0 Å². The van der Waals surface area contributed by atoms with Crippen LogP contribution < -0.4 is 10.8 Å². The van der Waals surface area contributed by atoms with Gasteiger partial charge in [-0.05, 0) is 44.8 Å². The highest BCUT2D eigenvalue weighted by Crippen LogP contribution is 2.37. The Morgan fingerprint density at radius 2 is 1.69 bits per heavy atom. The van der Waals surface area contributed by atoms with E-state index in [4.69, 9.17) is 13.8 Å². The number of carbonyl (C=O) groups excluding carboxylic acids is 1. The van der Waals surface area contributed by atoms with Crippen molar-refractivity contribution in [2.24, 2.45) is 0 Å². The lowest BCUT2D eigenvalue weighted by atomic mass is 9.77. The topological polar surface area (TPSA) is 86.5 Å². The molecule has 1 saturated heterocycles. The van der Waals surface area contributed by atoms with Gasteiger partial charge in [0.2, 0.25) is 5.89 Å². The summed E-state index contributed by atoms with van der Waals surface area (Å²) in [7, 11) is -0.931. The van der Waals surface area contributed by atoms with Crippen molar-refractivity contribution >= 4 is 18.5 Å². The third-order valence-corrected chi connectivity index (χ3v) is 5.67. The first-order chi connectivity index (χ1) is 14.5. The van der Waals surface area contributed by atoms with Gasteiger partial charge in [0, 0.05) is 12.0 Å². The third kappa shape index (κ3) is 4.83. The first-order valence-electron chi connectivity index (χ1n) is 10.2. The minimum atomic E-state index is -4.63. The van der Waals surface area contributed by atoms with E-state index in [2.05, 4.69) is 15.5 Å². The summed E-state index contributed by atoms with van der Waals surface area (Å²) < 4.78 is 58.1. The van der Waals surface area contributed by atoms with Crippen molar-refractivity contribution in [3.63, 3.8) is 0 Å². The largest absolute Gasteiger partial charge is 0.494 e. The van der Waals surface area contributed by atoms with Crippen molar-refractivity contribution in [2.45, 2.75) is 77.8 Å². The predicted octanol–water partition coefficient (Wildman–Crippen LogP) is 3.62. The van der Waals surface area contributed by atoms with Crippen molar-refractivity contribution in [1.29, 1.82) is 0 Å². The van der Waals surface area contributed by atoms with Crippen LogP contribution in [-0.2, 0) is 27.4 Å². The number of alkyl halides is 3. The summed E-state index contributed by atoms with van der Waals surface area (Å²) in [5.74, 6) is -0.713. The number of nitrogens with one attached hydrogen (secondary N) is 1. The van der Waals surface area contributed by atoms with Gasteiger partial charge in [0.25, 0.3) is 11.7 Å². The maximum absolute atomic E-state index is 13.8. The molecule has 0 spiro atoms. The zero-order valence-corrected chi connectivity index (χ0v) is 19.2. The molecule has 174 valence electrons. The number of hydrogen-bond acceptors (Lipinski definition) is 6. The molecule has 1 fully saturated rings. The van der Waals surface area contributed by atoms with E-state index in [1.165, 1.54) is 12.1 Å². The molecule has 1 N–H and O–H groups in total. The summed E-state index contributed by atoms with van der Waals surface area (Å²) in [5, 5.41) is 6.03. The molecule has 2 aromatic rings. The summed E-state index contributed by atoms with van der Waals surface area (Å²) in [4.78, 5) is 16.3. The Kier molecular flexibility index (Phi) is 5.97. The Labute approximate surface area is 185 Å². The van der Waals surface area contributed by atoms with Crippen LogP contribution in [0.3, 0.4) is 0 Å². The molecule has 0 atom stereocenters. The molecule has 1 aromatic heterocycles. The summed E-state index contributed by atoms with van der Waals surface area (Å²) in [6.45, 7) is 12.4. The van der Waals surface area contributed by atoms with Crippen LogP contribution in [0.4, 0.5) is 13.2 Å². The van der Waals surface area contributed by atoms with E-state index >= 15 is 0 Å². The van der Waals surface area contributed by atoms with E-state index in [1.807, 2.05) is 48.5 Å². The van der Waals surface area contributed by atoms with Crippen molar-refractivity contribution in [2.75, 3.05) is 0 Å². The quantitative estimate of drug-likeness (QED) is 0.712. The molecule has 1 aromatic carbocycles. The van der Waals surface area contributed by atoms with E-state index in [0.29, 0.717) is 0 Å². The number of benzene rings is 1. The van der Waals surface area contributed by atoms with E-state index in [9.17, 15) is 18.0 Å². The minimum absolute atomic E-state index is 0.106. The van der Waals surface area contributed by atoms with Crippen LogP contribution >= 0.6 is 0 Å². The fourth-order valence-corrected chi connectivity index (χ4v) is 3.01. The zero-order chi connectivity index (χ0) is 24.1. The normalized spacial score (nSPS) is 18.1. The highest BCUT2D eigenvalue weighted by Gasteiger charge is 2.52. The van der Waals surface area contributed by atoms with Gasteiger partial charge in [0.15, 0.2) is 0 Å². The standard InChI is InChI=1S/C21H27BF3N3O4/c1-18(2,3)17-27-15(28-30-17)16(29)26-11-12-8-9-13(10-14(12)21(23,24)25)22-31-19(4,5)20(6,7)32-22/h8-10H,11H2,1-7H3,(H,26,29). The number of halogens is 3. The lowest BCUT2D eigenvalue weighted by molar-refractivity contribution is -0.138. The van der Waals surface area contributed by atoms with E-state index < -0.39 is 41.4 Å². The number of hydrogen-bond donors (Lipinski definition) is 1. The Morgan fingerprint density at radius 1 is 1.09 bits per heavy atom. The lowest BCUT2D eigenvalue weighted by Gasteiger charge is -2.32. The van der Waals surface area contributed by atoms with Gasteiger partial charge < -0.3 is 19.1 Å². The average Bonchev–Trinajstić information content (AvgIpc) is 3.22. The van der Waals surface area contributed by atoms with Gasteiger partial charge in [0.05, 0.1) is 16.8 Å². The molecule has 0 unspecified atom stereocenters. The van der Waals surface area contributed by atoms with Gasteiger partial charge in [-0.1, -0.05) is 38.1 Å². The van der Waals surface area contributed by atoms with Gasteiger partial charge in [-0.2, -0.15) is 18.2 Å². The molecule has 32 heavy (non-hydrogen) atoms. The molecule has 0 saturated carbocycles. The van der Waals surface area contributed by atoms with E-state index in [1.54, 1.807) is 0 Å². The van der Waals surface area contributed by atoms with Gasteiger partial charge in [-0.15, -0.1) is 0 Å². The van der Waals surface area contributed by atoms with Crippen LogP contribution in [0, 0.1) is 0 Å². The maximum atomic E-state index is 13.8. The number of nitrogens with zero attached hydrogens (tertiary/aromatic N) is 2. The van der Waals surface area contributed by atoms with Gasteiger partial charge >= 0.3 is 13.3 Å². The van der Waals surface area contributed by atoms with Crippen LogP contribution in [-0.4, -0.2) is 34.4 Å². The molecule has 11 heteroatoms. The Balaban J connectivity index is 1.80. The summed E-state index contributed by atoms with van der Waals surface area (Å²) in [5.41, 5.74) is -2.56. The summed E-state index contributed by atoms with van der Waals surface area (Å²) in [6, 6.07) is 3.81. The monoisotopic (exact) mass is 453 g/mol. The van der Waals surface area contributed by atoms with E-state index in [0.717, 1.165) is 6.07 Å². The first-order valence-corrected chi connectivity index (χ1v) is 10.2. The highest BCUT2D eigenvalue weighted by molar-refractivity contribution is 6.62. The fourth-order valence-electron chi connectivity index (χ4n) is 3.01. The highest BCUT2D eigenvalue weighted by atomic mass is 19.4. The van der Waals surface area contributed by atoms with Crippen LogP contribution in [0.2, 0.25) is 0 Å². The number of aromatic nitrogens is 2. The molecule has 1 amide bonds. The lowest BCUT2D eigenvalue weighted by Crippen LogP contribution is -2.41. The molecular weight excluding hydrogens is 426 g/mol. The molecule has 0 bridgehead atoms. The minimum Gasteiger partial charge on any atom is -0.399 e. The van der Waals surface area contributed by atoms with E-state index in [-0.39, 0.29) is 29.3 Å². The molecule has 0 radical (unpaired) electrons. The second kappa shape index (κ2) is 7.88. The van der Waals surface area contributed by atoms with Crippen molar-refractivity contribution in [3.05, 3.63) is 41.0 Å². The molecule has 1 aliphatic rings. The number of amides is 1. The Morgan fingerprint density at radius 3 is 2.19 bits per heavy atom.